The van der Waals surface area contributed by atoms with Gasteiger partial charge < -0.3 is 5.32 Å². The predicted molar refractivity (Wildman–Crippen MR) is 92.6 cm³/mol. The van der Waals surface area contributed by atoms with Gasteiger partial charge in [0, 0.05) is 17.5 Å². The van der Waals surface area contributed by atoms with E-state index in [2.05, 4.69) is 30.6 Å². The minimum atomic E-state index is -0.152. The van der Waals surface area contributed by atoms with Crippen molar-refractivity contribution in [3.8, 4) is 5.95 Å². The van der Waals surface area contributed by atoms with Crippen LogP contribution >= 0.6 is 23.1 Å². The Balaban J connectivity index is 1.77. The number of aromatic nitrogens is 6. The molecule has 3 aromatic rings. The summed E-state index contributed by atoms with van der Waals surface area (Å²) >= 11 is 2.74. The van der Waals surface area contributed by atoms with Crippen LogP contribution in [-0.2, 0) is 4.79 Å². The molecule has 3 rings (SSSR count). The van der Waals surface area contributed by atoms with Gasteiger partial charge in [0.15, 0.2) is 4.34 Å². The van der Waals surface area contributed by atoms with Crippen LogP contribution in [0.5, 0.6) is 0 Å². The molecule has 0 saturated heterocycles. The second-order valence-electron chi connectivity index (χ2n) is 5.07. The number of amides is 1. The summed E-state index contributed by atoms with van der Waals surface area (Å²) in [5.41, 5.74) is 4.09. The number of rotatable bonds is 5. The molecule has 0 aliphatic rings. The molecule has 0 atom stereocenters. The van der Waals surface area contributed by atoms with Gasteiger partial charge in [-0.05, 0) is 26.8 Å². The lowest BCUT2D eigenvalue weighted by atomic mass is 10.4. The molecule has 0 aromatic carbocycles. The van der Waals surface area contributed by atoms with E-state index in [0.717, 1.165) is 21.4 Å². The summed E-state index contributed by atoms with van der Waals surface area (Å²) in [7, 11) is 0. The van der Waals surface area contributed by atoms with Crippen LogP contribution in [-0.4, -0.2) is 41.6 Å². The van der Waals surface area contributed by atoms with Gasteiger partial charge in [-0.25, -0.2) is 9.97 Å². The van der Waals surface area contributed by atoms with Gasteiger partial charge in [-0.15, -0.1) is 10.2 Å². The molecule has 10 heteroatoms. The van der Waals surface area contributed by atoms with E-state index in [9.17, 15) is 4.79 Å². The van der Waals surface area contributed by atoms with Crippen LogP contribution in [0.25, 0.3) is 5.95 Å². The van der Waals surface area contributed by atoms with E-state index in [-0.39, 0.29) is 11.7 Å². The molecule has 0 aliphatic heterocycles. The molecule has 8 nitrogen and oxygen atoms in total. The summed E-state index contributed by atoms with van der Waals surface area (Å²) < 4.78 is 2.30. The molecule has 0 spiro atoms. The Morgan fingerprint density at radius 3 is 2.62 bits per heavy atom. The highest BCUT2D eigenvalue weighted by atomic mass is 32.2. The summed E-state index contributed by atoms with van der Waals surface area (Å²) in [4.78, 5) is 21.0. The molecule has 0 saturated carbocycles. The van der Waals surface area contributed by atoms with Crippen molar-refractivity contribution in [1.29, 1.82) is 0 Å². The van der Waals surface area contributed by atoms with Gasteiger partial charge in [-0.2, -0.15) is 9.78 Å². The summed E-state index contributed by atoms with van der Waals surface area (Å²) in [6, 6.07) is 3.67. The second-order valence-corrected chi connectivity index (χ2v) is 7.13. The lowest BCUT2D eigenvalue weighted by Crippen LogP contribution is -2.18. The molecule has 0 radical (unpaired) electrons. The van der Waals surface area contributed by atoms with Gasteiger partial charge in [-0.1, -0.05) is 23.1 Å². The van der Waals surface area contributed by atoms with E-state index in [0.29, 0.717) is 11.8 Å². The molecule has 124 valence electrons. The van der Waals surface area contributed by atoms with Crippen LogP contribution in [0, 0.1) is 20.8 Å². The van der Waals surface area contributed by atoms with E-state index in [1.807, 2.05) is 26.8 Å². The number of aryl methyl sites for hydroxylation is 3. The van der Waals surface area contributed by atoms with Crippen LogP contribution in [0.2, 0.25) is 0 Å². The first-order valence-electron chi connectivity index (χ1n) is 7.09. The Bertz CT molecular complexity index is 840. The van der Waals surface area contributed by atoms with Crippen molar-refractivity contribution < 1.29 is 4.79 Å². The maximum atomic E-state index is 12.2. The Morgan fingerprint density at radius 1 is 1.21 bits per heavy atom. The molecular weight excluding hydrogens is 346 g/mol. The van der Waals surface area contributed by atoms with E-state index >= 15 is 0 Å². The zero-order valence-electron chi connectivity index (χ0n) is 13.3. The maximum Gasteiger partial charge on any atom is 0.252 e. The smallest absolute Gasteiger partial charge is 0.252 e. The van der Waals surface area contributed by atoms with Crippen LogP contribution < -0.4 is 5.32 Å². The highest BCUT2D eigenvalue weighted by molar-refractivity contribution is 8.01. The number of nitrogens with one attached hydrogen (secondary N) is 1. The summed E-state index contributed by atoms with van der Waals surface area (Å²) in [6.45, 7) is 5.64. The van der Waals surface area contributed by atoms with E-state index in [1.54, 1.807) is 16.3 Å². The van der Waals surface area contributed by atoms with Crippen molar-refractivity contribution in [1.82, 2.24) is 29.9 Å². The molecule has 0 bridgehead atoms. The van der Waals surface area contributed by atoms with Crippen molar-refractivity contribution in [2.24, 2.45) is 0 Å². The fraction of sp³-hybridized carbons (Fsp3) is 0.286. The third kappa shape index (κ3) is 3.95. The van der Waals surface area contributed by atoms with E-state index in [1.165, 1.54) is 23.1 Å². The Hall–Kier alpha value is -2.33. The molecule has 3 aromatic heterocycles. The Morgan fingerprint density at radius 2 is 1.96 bits per heavy atom. The average Bonchev–Trinajstić information content (AvgIpc) is 3.14. The molecule has 3 heterocycles. The Kier molecular flexibility index (Phi) is 4.86. The van der Waals surface area contributed by atoms with Crippen molar-refractivity contribution in [2.75, 3.05) is 11.1 Å². The fourth-order valence-electron chi connectivity index (χ4n) is 2.08. The SMILES string of the molecule is Cc1cc(C)nc(-n2nc(C)cc2NC(=O)CSc2nncs2)n1. The number of carbonyl (C=O) groups excluding carboxylic acids is 1. The second kappa shape index (κ2) is 7.05. The number of carbonyl (C=O) groups is 1. The van der Waals surface area contributed by atoms with Gasteiger partial charge in [0.25, 0.3) is 5.95 Å². The van der Waals surface area contributed by atoms with Crippen LogP contribution in [0.4, 0.5) is 5.82 Å². The molecule has 0 fully saturated rings. The van der Waals surface area contributed by atoms with Crippen LogP contribution in [0.3, 0.4) is 0 Å². The first-order chi connectivity index (χ1) is 11.5. The summed E-state index contributed by atoms with van der Waals surface area (Å²) in [5.74, 6) is 1.07. The van der Waals surface area contributed by atoms with E-state index in [4.69, 9.17) is 0 Å². The van der Waals surface area contributed by atoms with Gasteiger partial charge in [-0.3, -0.25) is 4.79 Å². The minimum Gasteiger partial charge on any atom is -0.310 e. The van der Waals surface area contributed by atoms with Crippen molar-refractivity contribution in [2.45, 2.75) is 25.1 Å². The highest BCUT2D eigenvalue weighted by Gasteiger charge is 2.14. The maximum absolute atomic E-state index is 12.2. The monoisotopic (exact) mass is 361 g/mol. The first-order valence-corrected chi connectivity index (χ1v) is 8.96. The first kappa shape index (κ1) is 16.5. The zero-order valence-corrected chi connectivity index (χ0v) is 15.0. The van der Waals surface area contributed by atoms with Gasteiger partial charge >= 0.3 is 0 Å². The average molecular weight is 361 g/mol. The molecule has 0 aliphatic carbocycles. The molecule has 1 amide bonds. The largest absolute Gasteiger partial charge is 0.310 e. The number of thioether (sulfide) groups is 1. The standard InChI is InChI=1S/C14H15N7OS2/c1-8-4-9(2)17-13(16-8)21-11(5-10(3)20-21)18-12(22)6-23-14-19-15-7-24-14/h4-5,7H,6H2,1-3H3,(H,18,22). The Labute approximate surface area is 146 Å². The third-order valence-corrected chi connectivity index (χ3v) is 4.79. The van der Waals surface area contributed by atoms with Crippen LogP contribution in [0.1, 0.15) is 17.1 Å². The summed E-state index contributed by atoms with van der Waals surface area (Å²) in [6.07, 6.45) is 0. The molecule has 1 N–H and O–H groups in total. The molecular formula is C14H15N7OS2. The molecule has 0 unspecified atom stereocenters. The van der Waals surface area contributed by atoms with Crippen LogP contribution in [0.15, 0.2) is 22.0 Å². The summed E-state index contributed by atoms with van der Waals surface area (Å²) in [5, 5.41) is 14.9. The lowest BCUT2D eigenvalue weighted by Gasteiger charge is -2.08. The van der Waals surface area contributed by atoms with Gasteiger partial charge in [0.05, 0.1) is 11.4 Å². The number of nitrogens with zero attached hydrogens (tertiary/aromatic N) is 6. The van der Waals surface area contributed by atoms with E-state index < -0.39 is 0 Å². The van der Waals surface area contributed by atoms with Crippen molar-refractivity contribution in [3.63, 3.8) is 0 Å². The van der Waals surface area contributed by atoms with Crippen molar-refractivity contribution in [3.05, 3.63) is 34.7 Å². The third-order valence-electron chi connectivity index (χ3n) is 2.93. The minimum absolute atomic E-state index is 0.152. The fourth-order valence-corrected chi connectivity index (χ4v) is 3.36. The lowest BCUT2D eigenvalue weighted by molar-refractivity contribution is -0.113. The molecule has 24 heavy (non-hydrogen) atoms. The van der Waals surface area contributed by atoms with Gasteiger partial charge in [0.2, 0.25) is 5.91 Å². The predicted octanol–water partition coefficient (Wildman–Crippen LogP) is 2.17. The quantitative estimate of drug-likeness (QED) is 0.695. The topological polar surface area (TPSA) is 98.5 Å². The zero-order chi connectivity index (χ0) is 17.1. The number of hydrogen-bond donors (Lipinski definition) is 1. The van der Waals surface area contributed by atoms with Gasteiger partial charge in [0.1, 0.15) is 11.3 Å². The number of anilines is 1. The normalized spacial score (nSPS) is 10.8. The van der Waals surface area contributed by atoms with Crippen molar-refractivity contribution >= 4 is 34.8 Å². The highest BCUT2D eigenvalue weighted by Crippen LogP contribution is 2.20. The number of hydrogen-bond acceptors (Lipinski definition) is 8.